The van der Waals surface area contributed by atoms with Crippen LogP contribution in [0.5, 0.6) is 0 Å². The predicted molar refractivity (Wildman–Crippen MR) is 107 cm³/mol. The molecule has 0 spiro atoms. The quantitative estimate of drug-likeness (QED) is 0.688. The van der Waals surface area contributed by atoms with Crippen molar-refractivity contribution in [1.82, 2.24) is 10.6 Å². The number of amides is 2. The molecular weight excluding hydrogens is 357 g/mol. The number of carbonyl (C=O) groups excluding carboxylic acids is 2. The topological polar surface area (TPSA) is 70.2 Å². The van der Waals surface area contributed by atoms with Crippen LogP contribution in [0.1, 0.15) is 31.0 Å². The van der Waals surface area contributed by atoms with Crippen molar-refractivity contribution in [2.75, 3.05) is 18.4 Å². The summed E-state index contributed by atoms with van der Waals surface area (Å²) in [6.07, 6.45) is -0.0316. The molecule has 1 fully saturated rings. The molecule has 1 saturated heterocycles. The molecule has 1 heterocycles. The highest BCUT2D eigenvalue weighted by molar-refractivity contribution is 5.92. The Hall–Kier alpha value is -2.73. The first-order valence-electron chi connectivity index (χ1n) is 9.58. The van der Waals surface area contributed by atoms with Gasteiger partial charge in [0, 0.05) is 11.6 Å². The lowest BCUT2D eigenvalue weighted by atomic mass is 9.88. The molecule has 2 atom stereocenters. The largest absolute Gasteiger partial charge is 0.349 e. The summed E-state index contributed by atoms with van der Waals surface area (Å²) in [7, 11) is 0. The smallest absolute Gasteiger partial charge is 0.228 e. The minimum Gasteiger partial charge on any atom is -0.349 e. The van der Waals surface area contributed by atoms with E-state index >= 15 is 0 Å². The standard InChI is InChI=1S/C22H26FN3O2/c1-14(18-12-24-13-18)22(28)25-15(2)16-7-5-8-19(10-16)26-21(27)11-17-6-3-4-9-20(17)23/h3-10,14-15,18,24H,11-13H2,1-2H3,(H,25,28)(H,26,27). The third-order valence-corrected chi connectivity index (χ3v) is 5.27. The normalized spacial score (nSPS) is 16.0. The molecule has 2 aromatic rings. The molecule has 0 radical (unpaired) electrons. The molecule has 2 unspecified atom stereocenters. The zero-order valence-electron chi connectivity index (χ0n) is 16.2. The zero-order valence-corrected chi connectivity index (χ0v) is 16.2. The van der Waals surface area contributed by atoms with Gasteiger partial charge in [-0.25, -0.2) is 4.39 Å². The van der Waals surface area contributed by atoms with Crippen molar-refractivity contribution in [3.63, 3.8) is 0 Å². The summed E-state index contributed by atoms with van der Waals surface area (Å²) < 4.78 is 13.7. The van der Waals surface area contributed by atoms with E-state index < -0.39 is 5.82 Å². The third-order valence-electron chi connectivity index (χ3n) is 5.27. The van der Waals surface area contributed by atoms with Crippen LogP contribution in [0, 0.1) is 17.7 Å². The fraction of sp³-hybridized carbons (Fsp3) is 0.364. The van der Waals surface area contributed by atoms with Crippen molar-refractivity contribution in [1.29, 1.82) is 0 Å². The van der Waals surface area contributed by atoms with E-state index in [9.17, 15) is 14.0 Å². The Kier molecular flexibility index (Phi) is 6.41. The summed E-state index contributed by atoms with van der Waals surface area (Å²) in [4.78, 5) is 24.7. The van der Waals surface area contributed by atoms with E-state index in [1.807, 2.05) is 32.0 Å². The van der Waals surface area contributed by atoms with Gasteiger partial charge in [0.2, 0.25) is 11.8 Å². The van der Waals surface area contributed by atoms with Crippen molar-refractivity contribution < 1.29 is 14.0 Å². The summed E-state index contributed by atoms with van der Waals surface area (Å²) in [5, 5.41) is 9.03. The first kappa shape index (κ1) is 20.0. The number of halogens is 1. The maximum absolute atomic E-state index is 13.7. The fourth-order valence-corrected chi connectivity index (χ4v) is 3.21. The van der Waals surface area contributed by atoms with Crippen LogP contribution in [0.15, 0.2) is 48.5 Å². The van der Waals surface area contributed by atoms with Crippen LogP contribution in [0.25, 0.3) is 0 Å². The highest BCUT2D eigenvalue weighted by Crippen LogP contribution is 2.21. The molecule has 0 saturated carbocycles. The zero-order chi connectivity index (χ0) is 20.1. The van der Waals surface area contributed by atoms with E-state index in [2.05, 4.69) is 16.0 Å². The molecule has 0 aromatic heterocycles. The molecule has 2 amide bonds. The predicted octanol–water partition coefficient (Wildman–Crippen LogP) is 3.04. The summed E-state index contributed by atoms with van der Waals surface area (Å²) in [5.74, 6) is -0.292. The Morgan fingerprint density at radius 3 is 2.57 bits per heavy atom. The lowest BCUT2D eigenvalue weighted by Gasteiger charge is -2.32. The van der Waals surface area contributed by atoms with Crippen LogP contribution in [0.3, 0.4) is 0 Å². The van der Waals surface area contributed by atoms with Crippen molar-refractivity contribution in [3.8, 4) is 0 Å². The maximum Gasteiger partial charge on any atom is 0.228 e. The third kappa shape index (κ3) is 4.95. The molecule has 1 aliphatic rings. The van der Waals surface area contributed by atoms with E-state index in [0.717, 1.165) is 18.7 Å². The average Bonchev–Trinajstić information content (AvgIpc) is 2.62. The Balaban J connectivity index is 1.59. The molecule has 2 aromatic carbocycles. The number of anilines is 1. The molecule has 6 heteroatoms. The molecule has 5 nitrogen and oxygen atoms in total. The first-order chi connectivity index (χ1) is 13.4. The van der Waals surface area contributed by atoms with Crippen LogP contribution in [-0.2, 0) is 16.0 Å². The van der Waals surface area contributed by atoms with E-state index in [-0.39, 0.29) is 30.2 Å². The van der Waals surface area contributed by atoms with Gasteiger partial charge in [-0.15, -0.1) is 0 Å². The van der Waals surface area contributed by atoms with Crippen LogP contribution < -0.4 is 16.0 Å². The van der Waals surface area contributed by atoms with Gasteiger partial charge in [-0.3, -0.25) is 9.59 Å². The summed E-state index contributed by atoms with van der Waals surface area (Å²) in [6, 6.07) is 13.4. The van der Waals surface area contributed by atoms with Gasteiger partial charge in [-0.2, -0.15) is 0 Å². The second-order valence-electron chi connectivity index (χ2n) is 7.38. The van der Waals surface area contributed by atoms with E-state index in [4.69, 9.17) is 0 Å². The van der Waals surface area contributed by atoms with E-state index in [1.165, 1.54) is 6.07 Å². The molecule has 0 aliphatic carbocycles. The Morgan fingerprint density at radius 2 is 1.89 bits per heavy atom. The number of rotatable bonds is 7. The fourth-order valence-electron chi connectivity index (χ4n) is 3.21. The van der Waals surface area contributed by atoms with Crippen LogP contribution in [0.2, 0.25) is 0 Å². The molecule has 3 N–H and O–H groups in total. The summed E-state index contributed by atoms with van der Waals surface area (Å²) in [5.41, 5.74) is 1.88. The van der Waals surface area contributed by atoms with Crippen molar-refractivity contribution in [2.45, 2.75) is 26.3 Å². The minimum absolute atomic E-state index is 0.0316. The minimum atomic E-state index is -0.390. The number of benzene rings is 2. The Labute approximate surface area is 164 Å². The van der Waals surface area contributed by atoms with Crippen LogP contribution in [-0.4, -0.2) is 24.9 Å². The van der Waals surface area contributed by atoms with Gasteiger partial charge in [-0.1, -0.05) is 37.3 Å². The molecule has 28 heavy (non-hydrogen) atoms. The van der Waals surface area contributed by atoms with E-state index in [1.54, 1.807) is 24.3 Å². The first-order valence-corrected chi connectivity index (χ1v) is 9.58. The van der Waals surface area contributed by atoms with Gasteiger partial charge < -0.3 is 16.0 Å². The van der Waals surface area contributed by atoms with Gasteiger partial charge in [0.1, 0.15) is 5.82 Å². The second-order valence-corrected chi connectivity index (χ2v) is 7.38. The van der Waals surface area contributed by atoms with Crippen LogP contribution >= 0.6 is 0 Å². The number of hydrogen-bond acceptors (Lipinski definition) is 3. The lowest BCUT2D eigenvalue weighted by Crippen LogP contribution is -2.49. The Bertz CT molecular complexity index is 851. The van der Waals surface area contributed by atoms with Crippen molar-refractivity contribution >= 4 is 17.5 Å². The molecule has 1 aliphatic heterocycles. The average molecular weight is 383 g/mol. The monoisotopic (exact) mass is 383 g/mol. The second kappa shape index (κ2) is 8.97. The van der Waals surface area contributed by atoms with Gasteiger partial charge in [0.25, 0.3) is 0 Å². The number of carbonyl (C=O) groups is 2. The maximum atomic E-state index is 13.7. The summed E-state index contributed by atoms with van der Waals surface area (Å²) in [6.45, 7) is 5.63. The molecule has 0 bridgehead atoms. The molecule has 148 valence electrons. The SMILES string of the molecule is CC(NC(=O)C(C)C1CNC1)c1cccc(NC(=O)Cc2ccccc2F)c1. The number of hydrogen-bond donors (Lipinski definition) is 3. The van der Waals surface area contributed by atoms with Crippen molar-refractivity contribution in [2.24, 2.45) is 11.8 Å². The van der Waals surface area contributed by atoms with Crippen LogP contribution in [0.4, 0.5) is 10.1 Å². The van der Waals surface area contributed by atoms with Crippen molar-refractivity contribution in [3.05, 3.63) is 65.5 Å². The van der Waals surface area contributed by atoms with Gasteiger partial charge in [-0.05, 0) is 55.3 Å². The van der Waals surface area contributed by atoms with Gasteiger partial charge in [0.05, 0.1) is 12.5 Å². The van der Waals surface area contributed by atoms with E-state index in [0.29, 0.717) is 17.2 Å². The van der Waals surface area contributed by atoms with Gasteiger partial charge >= 0.3 is 0 Å². The number of nitrogens with one attached hydrogen (secondary N) is 3. The highest BCUT2D eigenvalue weighted by Gasteiger charge is 2.29. The van der Waals surface area contributed by atoms with Gasteiger partial charge in [0.15, 0.2) is 0 Å². The summed E-state index contributed by atoms with van der Waals surface area (Å²) >= 11 is 0. The lowest BCUT2D eigenvalue weighted by molar-refractivity contribution is -0.127. The Morgan fingerprint density at radius 1 is 1.14 bits per heavy atom. The molecular formula is C22H26FN3O2. The highest BCUT2D eigenvalue weighted by atomic mass is 19.1. The molecule has 3 rings (SSSR count).